The largest absolute Gasteiger partial charge is 0.488 e. The van der Waals surface area contributed by atoms with Gasteiger partial charge in [0.05, 0.1) is 5.69 Å². The Kier molecular flexibility index (Phi) is 2.99. The van der Waals surface area contributed by atoms with Crippen LogP contribution in [0.25, 0.3) is 22.4 Å². The second kappa shape index (κ2) is 5.15. The summed E-state index contributed by atoms with van der Waals surface area (Å²) in [5.41, 5.74) is 10.8. The minimum absolute atomic E-state index is 0.252. The molecule has 3 aromatic rings. The number of hydrogen-bond acceptors (Lipinski definition) is 4. The lowest BCUT2D eigenvalue weighted by atomic mass is 9.91. The van der Waals surface area contributed by atoms with Gasteiger partial charge in [0.15, 0.2) is 0 Å². The number of nitriles is 1. The van der Waals surface area contributed by atoms with E-state index >= 15 is 0 Å². The minimum Gasteiger partial charge on any atom is -0.488 e. The Hall–Kier alpha value is -3.32. The Bertz CT molecular complexity index is 943. The molecule has 0 aliphatic carbocycles. The van der Waals surface area contributed by atoms with E-state index < -0.39 is 0 Å². The monoisotopic (exact) mass is 299 g/mol. The van der Waals surface area contributed by atoms with Crippen LogP contribution in [0.5, 0.6) is 5.75 Å². The molecule has 0 atom stereocenters. The van der Waals surface area contributed by atoms with E-state index in [9.17, 15) is 5.26 Å². The maximum atomic E-state index is 9.55. The van der Waals surface area contributed by atoms with Gasteiger partial charge in [0.1, 0.15) is 29.8 Å². The van der Waals surface area contributed by atoms with E-state index in [4.69, 9.17) is 10.5 Å². The molecule has 2 heterocycles. The molecule has 2 N–H and O–H groups in total. The van der Waals surface area contributed by atoms with E-state index in [1.807, 2.05) is 54.6 Å². The van der Waals surface area contributed by atoms with Gasteiger partial charge in [-0.05, 0) is 17.7 Å². The standard InChI is InChI=1S/C19H13N3O/c20-10-14-17(12-6-2-1-3-7-12)15-11-23-16-9-5-4-8-13(16)18(15)22-19(14)21/h1-9H,11H2,(H2,21,22). The SMILES string of the molecule is N#Cc1c(N)nc2c(c1-c1ccccc1)COc1ccccc1-2. The highest BCUT2D eigenvalue weighted by atomic mass is 16.5. The third kappa shape index (κ3) is 2.02. The summed E-state index contributed by atoms with van der Waals surface area (Å²) in [6.45, 7) is 0.374. The molecule has 0 spiro atoms. The predicted octanol–water partition coefficient (Wildman–Crippen LogP) is 3.76. The van der Waals surface area contributed by atoms with Gasteiger partial charge in [0.2, 0.25) is 0 Å². The van der Waals surface area contributed by atoms with Crippen molar-refractivity contribution in [2.24, 2.45) is 0 Å². The number of hydrogen-bond donors (Lipinski definition) is 1. The first kappa shape index (κ1) is 13.4. The Labute approximate surface area is 133 Å². The summed E-state index contributed by atoms with van der Waals surface area (Å²) in [4.78, 5) is 4.49. The zero-order valence-electron chi connectivity index (χ0n) is 12.3. The summed E-state index contributed by atoms with van der Waals surface area (Å²) in [7, 11) is 0. The maximum absolute atomic E-state index is 9.55. The molecule has 0 unspecified atom stereocenters. The van der Waals surface area contributed by atoms with Crippen LogP contribution in [-0.4, -0.2) is 4.98 Å². The molecule has 4 heteroatoms. The first-order chi connectivity index (χ1) is 11.3. The first-order valence-corrected chi connectivity index (χ1v) is 7.29. The number of ether oxygens (including phenoxy) is 1. The Balaban J connectivity index is 2.08. The highest BCUT2D eigenvalue weighted by Gasteiger charge is 2.25. The van der Waals surface area contributed by atoms with E-state index in [0.717, 1.165) is 33.7 Å². The fraction of sp³-hybridized carbons (Fsp3) is 0.0526. The molecule has 0 saturated heterocycles. The molecule has 0 radical (unpaired) electrons. The number of nitrogens with zero attached hydrogens (tertiary/aromatic N) is 2. The van der Waals surface area contributed by atoms with Crippen molar-refractivity contribution in [3.63, 3.8) is 0 Å². The van der Waals surface area contributed by atoms with Crippen molar-refractivity contribution in [3.8, 4) is 34.2 Å². The zero-order valence-corrected chi connectivity index (χ0v) is 12.3. The average molecular weight is 299 g/mol. The van der Waals surface area contributed by atoms with E-state index in [0.29, 0.717) is 12.2 Å². The fourth-order valence-corrected chi connectivity index (χ4v) is 2.98. The third-order valence-corrected chi connectivity index (χ3v) is 4.01. The summed E-state index contributed by atoms with van der Waals surface area (Å²) >= 11 is 0. The molecular formula is C19H13N3O. The van der Waals surface area contributed by atoms with E-state index in [-0.39, 0.29) is 5.82 Å². The van der Waals surface area contributed by atoms with Gasteiger partial charge in [0.25, 0.3) is 0 Å². The van der Waals surface area contributed by atoms with Crippen LogP contribution in [0, 0.1) is 11.3 Å². The topological polar surface area (TPSA) is 71.9 Å². The lowest BCUT2D eigenvalue weighted by Crippen LogP contribution is -2.12. The van der Waals surface area contributed by atoms with Crippen molar-refractivity contribution >= 4 is 5.82 Å². The molecule has 0 bridgehead atoms. The number of fused-ring (bicyclic) bond motifs is 3. The van der Waals surface area contributed by atoms with Gasteiger partial charge in [-0.2, -0.15) is 5.26 Å². The van der Waals surface area contributed by atoms with Crippen molar-refractivity contribution in [3.05, 3.63) is 65.7 Å². The molecule has 0 fully saturated rings. The molecule has 4 rings (SSSR count). The van der Waals surface area contributed by atoms with Gasteiger partial charge >= 0.3 is 0 Å². The van der Waals surface area contributed by atoms with Crippen molar-refractivity contribution in [1.82, 2.24) is 4.98 Å². The third-order valence-electron chi connectivity index (χ3n) is 4.01. The van der Waals surface area contributed by atoms with Crippen LogP contribution in [0.1, 0.15) is 11.1 Å². The molecule has 110 valence electrons. The van der Waals surface area contributed by atoms with Gasteiger partial charge in [-0.15, -0.1) is 0 Å². The van der Waals surface area contributed by atoms with E-state index in [1.165, 1.54) is 0 Å². The summed E-state index contributed by atoms with van der Waals surface area (Å²) in [5, 5.41) is 9.55. The first-order valence-electron chi connectivity index (χ1n) is 7.29. The predicted molar refractivity (Wildman–Crippen MR) is 88.6 cm³/mol. The molecule has 2 aromatic carbocycles. The summed E-state index contributed by atoms with van der Waals surface area (Å²) < 4.78 is 5.86. The fourth-order valence-electron chi connectivity index (χ4n) is 2.98. The van der Waals surface area contributed by atoms with Crippen LogP contribution < -0.4 is 10.5 Å². The second-order valence-corrected chi connectivity index (χ2v) is 5.34. The highest BCUT2D eigenvalue weighted by molar-refractivity contribution is 5.86. The van der Waals surface area contributed by atoms with Gasteiger partial charge in [-0.1, -0.05) is 42.5 Å². The van der Waals surface area contributed by atoms with Crippen LogP contribution in [0.15, 0.2) is 54.6 Å². The number of aromatic nitrogens is 1. The average Bonchev–Trinajstić information content (AvgIpc) is 2.61. The number of pyridine rings is 1. The number of benzene rings is 2. The quantitative estimate of drug-likeness (QED) is 0.742. The summed E-state index contributed by atoms with van der Waals surface area (Å²) in [5.74, 6) is 1.04. The van der Waals surface area contributed by atoms with Crippen LogP contribution in [0.2, 0.25) is 0 Å². The molecule has 23 heavy (non-hydrogen) atoms. The van der Waals surface area contributed by atoms with Crippen molar-refractivity contribution < 1.29 is 4.74 Å². The molecule has 1 aliphatic heterocycles. The highest BCUT2D eigenvalue weighted by Crippen LogP contribution is 2.42. The summed E-state index contributed by atoms with van der Waals surface area (Å²) in [6, 6.07) is 19.7. The normalized spacial score (nSPS) is 11.8. The Morgan fingerprint density at radius 1 is 1.04 bits per heavy atom. The molecule has 1 aliphatic rings. The Morgan fingerprint density at radius 3 is 2.57 bits per heavy atom. The van der Waals surface area contributed by atoms with Crippen molar-refractivity contribution in [2.45, 2.75) is 6.61 Å². The number of rotatable bonds is 1. The number of nitrogens with two attached hydrogens (primary N) is 1. The molecule has 1 aromatic heterocycles. The van der Waals surface area contributed by atoms with Crippen LogP contribution in [0.4, 0.5) is 5.82 Å². The number of nitrogen functional groups attached to an aromatic ring is 1. The lowest BCUT2D eigenvalue weighted by molar-refractivity contribution is 0.302. The minimum atomic E-state index is 0.252. The van der Waals surface area contributed by atoms with Gasteiger partial charge < -0.3 is 10.5 Å². The molecule has 4 nitrogen and oxygen atoms in total. The van der Waals surface area contributed by atoms with Crippen molar-refractivity contribution in [1.29, 1.82) is 5.26 Å². The number of anilines is 1. The smallest absolute Gasteiger partial charge is 0.142 e. The zero-order chi connectivity index (χ0) is 15.8. The van der Waals surface area contributed by atoms with Gasteiger partial charge in [-0.25, -0.2) is 4.98 Å². The molecular weight excluding hydrogens is 286 g/mol. The maximum Gasteiger partial charge on any atom is 0.142 e. The second-order valence-electron chi connectivity index (χ2n) is 5.34. The van der Waals surface area contributed by atoms with E-state index in [2.05, 4.69) is 11.1 Å². The van der Waals surface area contributed by atoms with Crippen LogP contribution in [-0.2, 0) is 6.61 Å². The van der Waals surface area contributed by atoms with Crippen LogP contribution >= 0.6 is 0 Å². The Morgan fingerprint density at radius 2 is 1.78 bits per heavy atom. The summed E-state index contributed by atoms with van der Waals surface area (Å²) in [6.07, 6.45) is 0. The number of para-hydroxylation sites is 1. The lowest BCUT2D eigenvalue weighted by Gasteiger charge is -2.23. The van der Waals surface area contributed by atoms with Gasteiger partial charge in [-0.3, -0.25) is 0 Å². The van der Waals surface area contributed by atoms with Crippen molar-refractivity contribution in [2.75, 3.05) is 5.73 Å². The van der Waals surface area contributed by atoms with E-state index in [1.54, 1.807) is 0 Å². The van der Waals surface area contributed by atoms with Crippen LogP contribution in [0.3, 0.4) is 0 Å². The molecule has 0 saturated carbocycles. The molecule has 0 amide bonds. The van der Waals surface area contributed by atoms with Gasteiger partial charge in [0, 0.05) is 16.7 Å².